The molecule has 28 heavy (non-hydrogen) atoms. The van der Waals surface area contributed by atoms with Gasteiger partial charge in [-0.2, -0.15) is 4.68 Å². The second-order valence-corrected chi connectivity index (χ2v) is 7.22. The second kappa shape index (κ2) is 8.33. The molecular weight excluding hydrogens is 350 g/mol. The van der Waals surface area contributed by atoms with Crippen LogP contribution in [0.2, 0.25) is 0 Å². The van der Waals surface area contributed by atoms with E-state index in [0.29, 0.717) is 19.4 Å². The Hall–Kier alpha value is -3.02. The average Bonchev–Trinajstić information content (AvgIpc) is 3.32. The van der Waals surface area contributed by atoms with E-state index in [9.17, 15) is 4.79 Å². The van der Waals surface area contributed by atoms with Crippen LogP contribution in [-0.4, -0.2) is 43.6 Å². The Morgan fingerprint density at radius 1 is 1.04 bits per heavy atom. The van der Waals surface area contributed by atoms with Crippen LogP contribution < -0.4 is 0 Å². The van der Waals surface area contributed by atoms with E-state index in [2.05, 4.69) is 29.2 Å². The average molecular weight is 375 g/mol. The number of benzene rings is 1. The first-order chi connectivity index (χ1) is 13.7. The van der Waals surface area contributed by atoms with Crippen molar-refractivity contribution < 1.29 is 4.79 Å². The SMILES string of the molecule is Cc1cccnc1-n1nc(CCc2ccccc2)nc1CCN1CCCC1=O. The van der Waals surface area contributed by atoms with Crippen LogP contribution in [0.3, 0.4) is 0 Å². The molecule has 1 aliphatic rings. The molecule has 0 radical (unpaired) electrons. The second-order valence-electron chi connectivity index (χ2n) is 7.22. The van der Waals surface area contributed by atoms with E-state index in [0.717, 1.165) is 48.8 Å². The van der Waals surface area contributed by atoms with E-state index in [4.69, 9.17) is 10.1 Å². The highest BCUT2D eigenvalue weighted by Crippen LogP contribution is 2.16. The number of carbonyl (C=O) groups is 1. The molecule has 6 heteroatoms. The molecule has 1 aromatic carbocycles. The Labute approximate surface area is 165 Å². The Bertz CT molecular complexity index is 951. The molecule has 0 aliphatic carbocycles. The number of pyridine rings is 1. The summed E-state index contributed by atoms with van der Waals surface area (Å²) in [5, 5.41) is 4.76. The number of nitrogens with zero attached hydrogens (tertiary/aromatic N) is 5. The van der Waals surface area contributed by atoms with Crippen molar-refractivity contribution in [3.05, 3.63) is 71.4 Å². The third-order valence-corrected chi connectivity index (χ3v) is 5.16. The fourth-order valence-electron chi connectivity index (χ4n) is 3.60. The van der Waals surface area contributed by atoms with Gasteiger partial charge in [0, 0.05) is 38.5 Å². The van der Waals surface area contributed by atoms with Crippen LogP contribution >= 0.6 is 0 Å². The van der Waals surface area contributed by atoms with Crippen LogP contribution in [-0.2, 0) is 24.1 Å². The summed E-state index contributed by atoms with van der Waals surface area (Å²) < 4.78 is 1.86. The summed E-state index contributed by atoms with van der Waals surface area (Å²) in [5.74, 6) is 2.73. The smallest absolute Gasteiger partial charge is 0.222 e. The van der Waals surface area contributed by atoms with Crippen LogP contribution in [0.25, 0.3) is 5.82 Å². The molecular formula is C22H25N5O. The summed E-state index contributed by atoms with van der Waals surface area (Å²) in [7, 11) is 0. The zero-order valence-electron chi connectivity index (χ0n) is 16.2. The molecule has 3 heterocycles. The number of rotatable bonds is 7. The number of aromatic nitrogens is 4. The van der Waals surface area contributed by atoms with Crippen LogP contribution in [0.1, 0.15) is 35.6 Å². The predicted molar refractivity (Wildman–Crippen MR) is 107 cm³/mol. The van der Waals surface area contributed by atoms with Crippen molar-refractivity contribution in [3.63, 3.8) is 0 Å². The summed E-state index contributed by atoms with van der Waals surface area (Å²) in [6.45, 7) is 3.55. The normalized spacial score (nSPS) is 14.0. The number of aryl methyl sites for hydroxylation is 3. The van der Waals surface area contributed by atoms with Gasteiger partial charge in [-0.25, -0.2) is 9.97 Å². The summed E-state index contributed by atoms with van der Waals surface area (Å²) >= 11 is 0. The van der Waals surface area contributed by atoms with Gasteiger partial charge in [0.1, 0.15) is 5.82 Å². The van der Waals surface area contributed by atoms with Gasteiger partial charge in [0.2, 0.25) is 5.91 Å². The number of hydrogen-bond donors (Lipinski definition) is 0. The van der Waals surface area contributed by atoms with Gasteiger partial charge in [-0.1, -0.05) is 36.4 Å². The van der Waals surface area contributed by atoms with Gasteiger partial charge < -0.3 is 4.90 Å². The maximum atomic E-state index is 11.9. The van der Waals surface area contributed by atoms with Crippen LogP contribution in [0.5, 0.6) is 0 Å². The molecule has 4 rings (SSSR count). The summed E-state index contributed by atoms with van der Waals surface area (Å²) in [6.07, 6.45) is 5.75. The van der Waals surface area contributed by atoms with E-state index in [1.54, 1.807) is 6.20 Å². The third-order valence-electron chi connectivity index (χ3n) is 5.16. The Morgan fingerprint density at radius 2 is 1.89 bits per heavy atom. The predicted octanol–water partition coefficient (Wildman–Crippen LogP) is 2.92. The highest BCUT2D eigenvalue weighted by atomic mass is 16.2. The molecule has 1 saturated heterocycles. The first-order valence-electron chi connectivity index (χ1n) is 9.89. The van der Waals surface area contributed by atoms with Gasteiger partial charge >= 0.3 is 0 Å². The lowest BCUT2D eigenvalue weighted by atomic mass is 10.1. The van der Waals surface area contributed by atoms with Crippen molar-refractivity contribution in [1.82, 2.24) is 24.6 Å². The van der Waals surface area contributed by atoms with Crippen molar-refractivity contribution in [2.75, 3.05) is 13.1 Å². The number of amides is 1. The molecule has 0 N–H and O–H groups in total. The maximum Gasteiger partial charge on any atom is 0.222 e. The molecule has 0 spiro atoms. The number of hydrogen-bond acceptors (Lipinski definition) is 4. The number of likely N-dealkylation sites (tertiary alicyclic amines) is 1. The topological polar surface area (TPSA) is 63.9 Å². The quantitative estimate of drug-likeness (QED) is 0.637. The van der Waals surface area contributed by atoms with Gasteiger partial charge in [0.05, 0.1) is 0 Å². The van der Waals surface area contributed by atoms with Crippen LogP contribution in [0.15, 0.2) is 48.7 Å². The minimum Gasteiger partial charge on any atom is -0.342 e. The fourth-order valence-corrected chi connectivity index (χ4v) is 3.60. The fraction of sp³-hybridized carbons (Fsp3) is 0.364. The van der Waals surface area contributed by atoms with Crippen molar-refractivity contribution in [2.45, 2.75) is 39.0 Å². The molecule has 0 unspecified atom stereocenters. The summed E-state index contributed by atoms with van der Waals surface area (Å²) in [6, 6.07) is 14.3. The van der Waals surface area contributed by atoms with Gasteiger partial charge in [-0.15, -0.1) is 5.10 Å². The largest absolute Gasteiger partial charge is 0.342 e. The highest BCUT2D eigenvalue weighted by molar-refractivity contribution is 5.78. The molecule has 144 valence electrons. The Balaban J connectivity index is 1.56. The third kappa shape index (κ3) is 4.11. The Kier molecular flexibility index (Phi) is 5.46. The molecule has 6 nitrogen and oxygen atoms in total. The van der Waals surface area contributed by atoms with Crippen LogP contribution in [0.4, 0.5) is 0 Å². The molecule has 1 fully saturated rings. The van der Waals surface area contributed by atoms with Crippen molar-refractivity contribution in [1.29, 1.82) is 0 Å². The van der Waals surface area contributed by atoms with Gasteiger partial charge in [-0.05, 0) is 37.0 Å². The van der Waals surface area contributed by atoms with Crippen LogP contribution in [0, 0.1) is 6.92 Å². The lowest BCUT2D eigenvalue weighted by molar-refractivity contribution is -0.127. The first kappa shape index (κ1) is 18.3. The maximum absolute atomic E-state index is 11.9. The Morgan fingerprint density at radius 3 is 2.64 bits per heavy atom. The van der Waals surface area contributed by atoms with E-state index in [-0.39, 0.29) is 5.91 Å². The number of carbonyl (C=O) groups excluding carboxylic acids is 1. The zero-order valence-corrected chi connectivity index (χ0v) is 16.2. The van der Waals surface area contributed by atoms with E-state index in [1.165, 1.54) is 5.56 Å². The molecule has 2 aromatic heterocycles. The van der Waals surface area contributed by atoms with Gasteiger partial charge in [0.25, 0.3) is 0 Å². The lowest BCUT2D eigenvalue weighted by Crippen LogP contribution is -2.27. The van der Waals surface area contributed by atoms with Crippen molar-refractivity contribution in [3.8, 4) is 5.82 Å². The van der Waals surface area contributed by atoms with Crippen molar-refractivity contribution >= 4 is 5.91 Å². The van der Waals surface area contributed by atoms with Crippen molar-refractivity contribution in [2.24, 2.45) is 0 Å². The van der Waals surface area contributed by atoms with E-state index >= 15 is 0 Å². The standard InChI is InChI=1S/C22H25N5O/c1-17-7-5-14-23-22(17)27-20(13-16-26-15-6-10-21(26)28)24-19(25-27)12-11-18-8-3-2-4-9-18/h2-5,7-9,14H,6,10-13,15-16H2,1H3. The lowest BCUT2D eigenvalue weighted by Gasteiger charge is -2.15. The summed E-state index contributed by atoms with van der Waals surface area (Å²) in [4.78, 5) is 23.2. The minimum absolute atomic E-state index is 0.240. The molecule has 1 amide bonds. The monoisotopic (exact) mass is 375 g/mol. The minimum atomic E-state index is 0.240. The molecule has 1 aliphatic heterocycles. The van der Waals surface area contributed by atoms with E-state index in [1.807, 2.05) is 34.7 Å². The molecule has 0 atom stereocenters. The zero-order chi connectivity index (χ0) is 19.3. The van der Waals surface area contributed by atoms with E-state index < -0.39 is 0 Å². The first-order valence-corrected chi connectivity index (χ1v) is 9.89. The highest BCUT2D eigenvalue weighted by Gasteiger charge is 2.21. The van der Waals surface area contributed by atoms with Gasteiger partial charge in [-0.3, -0.25) is 4.79 Å². The molecule has 3 aromatic rings. The molecule has 0 saturated carbocycles. The summed E-state index contributed by atoms with van der Waals surface area (Å²) in [5.41, 5.74) is 2.33. The van der Waals surface area contributed by atoms with Gasteiger partial charge in [0.15, 0.2) is 11.6 Å². The molecule has 0 bridgehead atoms.